The third kappa shape index (κ3) is 4.92. The lowest BCUT2D eigenvalue weighted by Gasteiger charge is -2.19. The average molecular weight is 405 g/mol. The first-order valence-corrected chi connectivity index (χ1v) is 9.49. The normalized spacial score (nSPS) is 19.5. The number of anilines is 1. The topological polar surface area (TPSA) is 99.2 Å². The minimum atomic E-state index is -0.584. The molecule has 8 nitrogen and oxygen atoms in total. The van der Waals surface area contributed by atoms with Crippen molar-refractivity contribution in [2.24, 2.45) is 0 Å². The second-order valence-corrected chi connectivity index (χ2v) is 7.02. The van der Waals surface area contributed by atoms with Gasteiger partial charge in [-0.25, -0.2) is 9.18 Å². The summed E-state index contributed by atoms with van der Waals surface area (Å²) in [4.78, 5) is 37.7. The summed E-state index contributed by atoms with van der Waals surface area (Å²) in [7, 11) is 0. The van der Waals surface area contributed by atoms with Crippen molar-refractivity contribution in [2.45, 2.75) is 25.9 Å². The highest BCUT2D eigenvalue weighted by atomic mass is 19.1. The molecular weight excluding hydrogens is 381 g/mol. The summed E-state index contributed by atoms with van der Waals surface area (Å²) in [5.74, 6) is -1.02. The van der Waals surface area contributed by atoms with Gasteiger partial charge in [0.1, 0.15) is 18.5 Å². The fourth-order valence-electron chi connectivity index (χ4n) is 3.49. The van der Waals surface area contributed by atoms with Crippen LogP contribution in [0.3, 0.4) is 0 Å². The van der Waals surface area contributed by atoms with Crippen LogP contribution in [0.2, 0.25) is 0 Å². The van der Waals surface area contributed by atoms with Crippen molar-refractivity contribution in [3.63, 3.8) is 0 Å². The van der Waals surface area contributed by atoms with Gasteiger partial charge in [-0.1, -0.05) is 6.08 Å². The summed E-state index contributed by atoms with van der Waals surface area (Å²) >= 11 is 0. The number of hydrogen-bond donors (Lipinski definition) is 2. The van der Waals surface area contributed by atoms with E-state index in [1.807, 2.05) is 6.08 Å². The number of nitrogens with one attached hydrogen (secondary N) is 1. The van der Waals surface area contributed by atoms with Crippen LogP contribution in [-0.4, -0.2) is 66.8 Å². The first-order valence-electron chi connectivity index (χ1n) is 9.49. The molecule has 0 radical (unpaired) electrons. The van der Waals surface area contributed by atoms with Crippen molar-refractivity contribution in [1.29, 1.82) is 0 Å². The summed E-state index contributed by atoms with van der Waals surface area (Å²) in [6.07, 6.45) is 1.88. The van der Waals surface area contributed by atoms with Gasteiger partial charge < -0.3 is 20.1 Å². The number of amides is 3. The second-order valence-electron chi connectivity index (χ2n) is 7.02. The molecule has 2 N–H and O–H groups in total. The molecule has 3 amide bonds. The summed E-state index contributed by atoms with van der Waals surface area (Å²) in [5.41, 5.74) is 1.59. The van der Waals surface area contributed by atoms with E-state index in [-0.39, 0.29) is 24.9 Å². The van der Waals surface area contributed by atoms with Gasteiger partial charge in [0.15, 0.2) is 0 Å². The first-order chi connectivity index (χ1) is 13.9. The molecule has 3 rings (SSSR count). The Kier molecular flexibility index (Phi) is 6.48. The molecule has 0 aliphatic carbocycles. The zero-order chi connectivity index (χ0) is 21.0. The fraction of sp³-hybridized carbons (Fsp3) is 0.450. The highest BCUT2D eigenvalue weighted by molar-refractivity contribution is 5.90. The Hall–Kier alpha value is -2.94. The first kappa shape index (κ1) is 20.8. The molecule has 1 fully saturated rings. The van der Waals surface area contributed by atoms with Crippen molar-refractivity contribution in [3.8, 4) is 0 Å². The van der Waals surface area contributed by atoms with Gasteiger partial charge in [0.05, 0.1) is 18.8 Å². The molecule has 0 saturated carbocycles. The van der Waals surface area contributed by atoms with Crippen molar-refractivity contribution < 1.29 is 28.6 Å². The van der Waals surface area contributed by atoms with Gasteiger partial charge in [0.2, 0.25) is 11.8 Å². The number of benzene rings is 1. The quantitative estimate of drug-likeness (QED) is 0.769. The van der Waals surface area contributed by atoms with Crippen LogP contribution in [0.1, 0.15) is 25.3 Å². The van der Waals surface area contributed by atoms with Gasteiger partial charge in [-0.3, -0.25) is 14.5 Å². The second kappa shape index (κ2) is 9.04. The van der Waals surface area contributed by atoms with Gasteiger partial charge in [0.25, 0.3) is 0 Å². The van der Waals surface area contributed by atoms with Gasteiger partial charge in [-0.15, -0.1) is 0 Å². The summed E-state index contributed by atoms with van der Waals surface area (Å²) in [5, 5.41) is 11.6. The number of aliphatic hydroxyl groups excluding tert-OH is 1. The summed E-state index contributed by atoms with van der Waals surface area (Å²) in [6.45, 7) is 2.16. The van der Waals surface area contributed by atoms with Crippen molar-refractivity contribution >= 4 is 29.2 Å². The van der Waals surface area contributed by atoms with E-state index in [1.54, 1.807) is 17.0 Å². The predicted molar refractivity (Wildman–Crippen MR) is 104 cm³/mol. The summed E-state index contributed by atoms with van der Waals surface area (Å²) < 4.78 is 20.0. The van der Waals surface area contributed by atoms with Crippen LogP contribution in [0, 0.1) is 5.82 Å². The van der Waals surface area contributed by atoms with Crippen molar-refractivity contribution in [1.82, 2.24) is 10.2 Å². The lowest BCUT2D eigenvalue weighted by atomic mass is 10.0. The number of hydrogen-bond acceptors (Lipinski definition) is 5. The molecule has 29 heavy (non-hydrogen) atoms. The van der Waals surface area contributed by atoms with E-state index in [0.29, 0.717) is 37.2 Å². The van der Waals surface area contributed by atoms with Crippen molar-refractivity contribution in [2.75, 3.05) is 37.7 Å². The maximum absolute atomic E-state index is 14.8. The van der Waals surface area contributed by atoms with Crippen LogP contribution in [0.15, 0.2) is 24.3 Å². The van der Waals surface area contributed by atoms with Gasteiger partial charge in [-0.05, 0) is 36.6 Å². The Labute approximate surface area is 167 Å². The van der Waals surface area contributed by atoms with E-state index < -0.39 is 24.6 Å². The van der Waals surface area contributed by atoms with E-state index in [0.717, 1.165) is 5.57 Å². The SMILES string of the molecule is CC(=O)NC[C@H]1CN(c2ccc(C3=CCCN(C(=O)CO)CC3)c(F)c2)C(=O)O1. The zero-order valence-electron chi connectivity index (χ0n) is 16.2. The molecule has 1 aromatic carbocycles. The molecule has 1 atom stereocenters. The Morgan fingerprint density at radius 1 is 1.34 bits per heavy atom. The van der Waals surface area contributed by atoms with E-state index in [4.69, 9.17) is 9.84 Å². The number of nitrogens with zero attached hydrogens (tertiary/aromatic N) is 2. The molecule has 2 heterocycles. The monoisotopic (exact) mass is 405 g/mol. The molecule has 0 aromatic heterocycles. The standard InChI is InChI=1S/C20H24FN3O5/c1-13(26)22-10-16-11-24(20(28)29-16)15-4-5-17(18(21)9-15)14-3-2-7-23(8-6-14)19(27)12-25/h3-5,9,16,25H,2,6-8,10-12H2,1H3,(H,22,26)/t16-/m0/s1. The summed E-state index contributed by atoms with van der Waals surface area (Å²) in [6, 6.07) is 4.57. The van der Waals surface area contributed by atoms with Crippen LogP contribution in [-0.2, 0) is 14.3 Å². The Balaban J connectivity index is 1.69. The number of ether oxygens (including phenoxy) is 1. The number of cyclic esters (lactones) is 1. The lowest BCUT2D eigenvalue weighted by molar-refractivity contribution is -0.134. The fourth-order valence-corrected chi connectivity index (χ4v) is 3.49. The lowest BCUT2D eigenvalue weighted by Crippen LogP contribution is -2.34. The highest BCUT2D eigenvalue weighted by Crippen LogP contribution is 2.29. The van der Waals surface area contributed by atoms with Crippen molar-refractivity contribution in [3.05, 3.63) is 35.7 Å². The van der Waals surface area contributed by atoms with Gasteiger partial charge in [0, 0.05) is 25.6 Å². The van der Waals surface area contributed by atoms with Gasteiger partial charge >= 0.3 is 6.09 Å². The maximum atomic E-state index is 14.8. The Morgan fingerprint density at radius 3 is 2.83 bits per heavy atom. The number of carbonyl (C=O) groups is 3. The number of rotatable bonds is 5. The molecule has 1 aromatic rings. The highest BCUT2D eigenvalue weighted by Gasteiger charge is 2.32. The maximum Gasteiger partial charge on any atom is 0.414 e. The molecule has 156 valence electrons. The predicted octanol–water partition coefficient (Wildman–Crippen LogP) is 1.29. The van der Waals surface area contributed by atoms with Crippen LogP contribution in [0.25, 0.3) is 5.57 Å². The number of aliphatic hydroxyl groups is 1. The molecule has 1 saturated heterocycles. The molecular formula is C20H24FN3O5. The van der Waals surface area contributed by atoms with E-state index >= 15 is 0 Å². The number of carbonyl (C=O) groups excluding carboxylic acids is 3. The Morgan fingerprint density at radius 2 is 2.14 bits per heavy atom. The molecule has 0 unspecified atom stereocenters. The van der Waals surface area contributed by atoms with E-state index in [9.17, 15) is 18.8 Å². The minimum absolute atomic E-state index is 0.202. The average Bonchev–Trinajstić information content (AvgIpc) is 2.90. The minimum Gasteiger partial charge on any atom is -0.442 e. The third-order valence-electron chi connectivity index (χ3n) is 4.99. The van der Waals surface area contributed by atoms with Gasteiger partial charge in [-0.2, -0.15) is 0 Å². The molecule has 0 spiro atoms. The number of halogens is 1. The van der Waals surface area contributed by atoms with Crippen LogP contribution >= 0.6 is 0 Å². The third-order valence-corrected chi connectivity index (χ3v) is 4.99. The van der Waals surface area contributed by atoms with Crippen LogP contribution in [0.4, 0.5) is 14.9 Å². The van der Waals surface area contributed by atoms with Crippen LogP contribution in [0.5, 0.6) is 0 Å². The molecule has 2 aliphatic heterocycles. The van der Waals surface area contributed by atoms with Crippen LogP contribution < -0.4 is 10.2 Å². The van der Waals surface area contributed by atoms with E-state index in [1.165, 1.54) is 17.9 Å². The largest absolute Gasteiger partial charge is 0.442 e. The Bertz CT molecular complexity index is 841. The smallest absolute Gasteiger partial charge is 0.414 e. The molecule has 9 heteroatoms. The zero-order valence-corrected chi connectivity index (χ0v) is 16.2. The molecule has 2 aliphatic rings. The van der Waals surface area contributed by atoms with E-state index in [2.05, 4.69) is 5.32 Å². The molecule has 0 bridgehead atoms.